The van der Waals surface area contributed by atoms with Crippen LogP contribution < -0.4 is 10.5 Å². The van der Waals surface area contributed by atoms with Gasteiger partial charge in [0.05, 0.1) is 10.5 Å². The third kappa shape index (κ3) is 3.77. The molecule has 2 fully saturated rings. The molecule has 2 aliphatic rings. The van der Waals surface area contributed by atoms with Gasteiger partial charge in [0, 0.05) is 38.4 Å². The minimum Gasteiger partial charge on any atom is -0.353 e. The topological polar surface area (TPSA) is 61.2 Å². The zero-order valence-electron chi connectivity index (χ0n) is 17.4. The number of carbonyl (C=O) groups excluding carboxylic acids is 1. The SMILES string of the molecule is CCN1CCN(c2nc3ccccn3c(=O)c2/C=C2/SC(=S)N(C(C)C)C2=O)CC1. The predicted octanol–water partition coefficient (Wildman–Crippen LogP) is 2.45. The van der Waals surface area contributed by atoms with Gasteiger partial charge in [-0.25, -0.2) is 4.98 Å². The van der Waals surface area contributed by atoms with Gasteiger partial charge in [0.1, 0.15) is 15.8 Å². The Kier molecular flexibility index (Phi) is 5.95. The number of thioether (sulfide) groups is 1. The van der Waals surface area contributed by atoms with Crippen molar-refractivity contribution in [2.24, 2.45) is 0 Å². The zero-order valence-corrected chi connectivity index (χ0v) is 19.0. The van der Waals surface area contributed by atoms with E-state index in [2.05, 4.69) is 16.7 Å². The number of carbonyl (C=O) groups is 1. The minimum absolute atomic E-state index is 0.0270. The smallest absolute Gasteiger partial charge is 0.267 e. The zero-order chi connectivity index (χ0) is 21.4. The van der Waals surface area contributed by atoms with Crippen LogP contribution in [-0.2, 0) is 4.79 Å². The maximum atomic E-state index is 13.4. The molecule has 30 heavy (non-hydrogen) atoms. The van der Waals surface area contributed by atoms with E-state index in [1.165, 1.54) is 16.2 Å². The molecule has 0 spiro atoms. The molecule has 2 saturated heterocycles. The first kappa shape index (κ1) is 21.0. The van der Waals surface area contributed by atoms with Crippen LogP contribution in [0.4, 0.5) is 5.82 Å². The van der Waals surface area contributed by atoms with Gasteiger partial charge >= 0.3 is 0 Å². The minimum atomic E-state index is -0.177. The summed E-state index contributed by atoms with van der Waals surface area (Å²) in [5, 5.41) is 0. The number of thiocarbonyl (C=S) groups is 1. The molecule has 0 atom stereocenters. The van der Waals surface area contributed by atoms with E-state index in [1.54, 1.807) is 23.2 Å². The molecular formula is C21H25N5O2S2. The molecule has 0 aromatic carbocycles. The van der Waals surface area contributed by atoms with Gasteiger partial charge in [-0.15, -0.1) is 0 Å². The van der Waals surface area contributed by atoms with E-state index in [9.17, 15) is 9.59 Å². The Bertz CT molecular complexity index is 1090. The Labute approximate surface area is 185 Å². The number of anilines is 1. The van der Waals surface area contributed by atoms with E-state index in [0.717, 1.165) is 32.7 Å². The summed E-state index contributed by atoms with van der Waals surface area (Å²) < 4.78 is 2.05. The third-order valence-corrected chi connectivity index (χ3v) is 6.81. The highest BCUT2D eigenvalue weighted by Crippen LogP contribution is 2.34. The van der Waals surface area contributed by atoms with Gasteiger partial charge in [0.15, 0.2) is 0 Å². The van der Waals surface area contributed by atoms with Crippen LogP contribution in [0.5, 0.6) is 0 Å². The summed E-state index contributed by atoms with van der Waals surface area (Å²) in [6.45, 7) is 10.4. The van der Waals surface area contributed by atoms with Gasteiger partial charge in [-0.3, -0.25) is 18.9 Å². The second-order valence-electron chi connectivity index (χ2n) is 7.65. The first-order valence-corrected chi connectivity index (χ1v) is 11.4. The highest BCUT2D eigenvalue weighted by molar-refractivity contribution is 8.26. The Morgan fingerprint density at radius 2 is 1.93 bits per heavy atom. The molecule has 0 bridgehead atoms. The van der Waals surface area contributed by atoms with E-state index in [-0.39, 0.29) is 17.5 Å². The van der Waals surface area contributed by atoms with Crippen LogP contribution in [0, 0.1) is 0 Å². The normalized spacial score (nSPS) is 19.7. The van der Waals surface area contributed by atoms with Gasteiger partial charge in [0.2, 0.25) is 0 Å². The lowest BCUT2D eigenvalue weighted by Crippen LogP contribution is -2.47. The molecule has 0 N–H and O–H groups in total. The Morgan fingerprint density at radius 3 is 2.57 bits per heavy atom. The number of hydrogen-bond donors (Lipinski definition) is 0. The average Bonchev–Trinajstić information content (AvgIpc) is 3.03. The van der Waals surface area contributed by atoms with Crippen molar-refractivity contribution < 1.29 is 4.79 Å². The second-order valence-corrected chi connectivity index (χ2v) is 9.33. The fourth-order valence-electron chi connectivity index (χ4n) is 3.79. The van der Waals surface area contributed by atoms with Crippen molar-refractivity contribution in [1.82, 2.24) is 19.2 Å². The van der Waals surface area contributed by atoms with E-state index in [4.69, 9.17) is 17.2 Å². The fraction of sp³-hybridized carbons (Fsp3) is 0.429. The molecule has 4 heterocycles. The first-order chi connectivity index (χ1) is 14.4. The molecule has 1 amide bonds. The van der Waals surface area contributed by atoms with Crippen molar-refractivity contribution in [2.45, 2.75) is 26.8 Å². The molecule has 0 radical (unpaired) electrons. The quantitative estimate of drug-likeness (QED) is 0.531. The van der Waals surface area contributed by atoms with Crippen LogP contribution in [0.1, 0.15) is 26.3 Å². The second kappa shape index (κ2) is 8.49. The molecule has 158 valence electrons. The number of nitrogens with zero attached hydrogens (tertiary/aromatic N) is 5. The first-order valence-electron chi connectivity index (χ1n) is 10.2. The molecule has 0 aliphatic carbocycles. The molecule has 7 nitrogen and oxygen atoms in total. The van der Waals surface area contributed by atoms with Gasteiger partial charge < -0.3 is 9.80 Å². The molecule has 2 aliphatic heterocycles. The van der Waals surface area contributed by atoms with Crippen molar-refractivity contribution in [3.63, 3.8) is 0 Å². The van der Waals surface area contributed by atoms with Crippen molar-refractivity contribution in [1.29, 1.82) is 0 Å². The Morgan fingerprint density at radius 1 is 1.20 bits per heavy atom. The summed E-state index contributed by atoms with van der Waals surface area (Å²) in [6, 6.07) is 5.47. The fourth-order valence-corrected chi connectivity index (χ4v) is 5.30. The summed E-state index contributed by atoms with van der Waals surface area (Å²) >= 11 is 6.64. The van der Waals surface area contributed by atoms with E-state index >= 15 is 0 Å². The van der Waals surface area contributed by atoms with Gasteiger partial charge in [-0.1, -0.05) is 37.0 Å². The molecule has 2 aromatic rings. The number of fused-ring (bicyclic) bond motifs is 1. The van der Waals surface area contributed by atoms with E-state index in [1.807, 2.05) is 26.0 Å². The summed E-state index contributed by atoms with van der Waals surface area (Å²) in [5.74, 6) is 0.482. The van der Waals surface area contributed by atoms with Crippen molar-refractivity contribution >= 4 is 51.7 Å². The number of amides is 1. The largest absolute Gasteiger partial charge is 0.353 e. The monoisotopic (exact) mass is 443 g/mol. The van der Waals surface area contributed by atoms with E-state index < -0.39 is 0 Å². The number of aromatic nitrogens is 2. The van der Waals surface area contributed by atoms with Crippen LogP contribution in [0.25, 0.3) is 11.7 Å². The molecule has 2 aromatic heterocycles. The van der Waals surface area contributed by atoms with Crippen molar-refractivity contribution in [3.05, 3.63) is 45.2 Å². The van der Waals surface area contributed by atoms with Crippen molar-refractivity contribution in [3.8, 4) is 0 Å². The van der Waals surface area contributed by atoms with Crippen LogP contribution in [-0.4, -0.2) is 68.2 Å². The molecule has 9 heteroatoms. The lowest BCUT2D eigenvalue weighted by Gasteiger charge is -2.35. The maximum Gasteiger partial charge on any atom is 0.267 e. The van der Waals surface area contributed by atoms with Gasteiger partial charge in [-0.2, -0.15) is 0 Å². The standard InChI is InChI=1S/C21H25N5O2S2/c1-4-23-9-11-24(12-10-23)18-15(19(27)25-8-6-5-7-17(25)22-18)13-16-20(28)26(14(2)3)21(29)30-16/h5-8,13-14H,4,9-12H2,1-3H3/b16-13+. The number of piperazine rings is 1. The Hall–Kier alpha value is -2.23. The lowest BCUT2D eigenvalue weighted by molar-refractivity contribution is -0.123. The molecule has 0 saturated carbocycles. The summed E-state index contributed by atoms with van der Waals surface area (Å²) in [4.78, 5) is 37.7. The summed E-state index contributed by atoms with van der Waals surface area (Å²) in [5.41, 5.74) is 0.860. The third-order valence-electron chi connectivity index (χ3n) is 5.48. The lowest BCUT2D eigenvalue weighted by atomic mass is 10.2. The van der Waals surface area contributed by atoms with Crippen LogP contribution >= 0.6 is 24.0 Å². The maximum absolute atomic E-state index is 13.4. The average molecular weight is 444 g/mol. The number of hydrogen-bond acceptors (Lipinski definition) is 7. The molecule has 0 unspecified atom stereocenters. The van der Waals surface area contributed by atoms with Crippen LogP contribution in [0.2, 0.25) is 0 Å². The Balaban J connectivity index is 1.82. The summed E-state index contributed by atoms with van der Waals surface area (Å²) in [7, 11) is 0. The predicted molar refractivity (Wildman–Crippen MR) is 126 cm³/mol. The van der Waals surface area contributed by atoms with Crippen LogP contribution in [0.15, 0.2) is 34.1 Å². The highest BCUT2D eigenvalue weighted by atomic mass is 32.2. The summed E-state index contributed by atoms with van der Waals surface area (Å²) in [6.07, 6.45) is 3.39. The van der Waals surface area contributed by atoms with Gasteiger partial charge in [-0.05, 0) is 38.6 Å². The van der Waals surface area contributed by atoms with Gasteiger partial charge in [0.25, 0.3) is 11.5 Å². The highest BCUT2D eigenvalue weighted by Gasteiger charge is 2.34. The van der Waals surface area contributed by atoms with E-state index in [0.29, 0.717) is 26.3 Å². The van der Waals surface area contributed by atoms with Crippen LogP contribution in [0.3, 0.4) is 0 Å². The number of likely N-dealkylation sites (N-methyl/N-ethyl adjacent to an activating group) is 1. The number of pyridine rings is 1. The number of rotatable bonds is 4. The molecule has 4 rings (SSSR count). The molecular weight excluding hydrogens is 418 g/mol. The van der Waals surface area contributed by atoms with Crippen molar-refractivity contribution in [2.75, 3.05) is 37.6 Å².